The van der Waals surface area contributed by atoms with Gasteiger partial charge in [0.2, 0.25) is 5.91 Å². The first kappa shape index (κ1) is 17.4. The fourth-order valence-electron chi connectivity index (χ4n) is 2.08. The molecule has 0 aliphatic rings. The Morgan fingerprint density at radius 1 is 1.33 bits per heavy atom. The summed E-state index contributed by atoms with van der Waals surface area (Å²) in [6.45, 7) is 8.16. The lowest BCUT2D eigenvalue weighted by Crippen LogP contribution is -2.42. The van der Waals surface area contributed by atoms with Crippen LogP contribution in [0.4, 0.5) is 0 Å². The highest BCUT2D eigenvalue weighted by Gasteiger charge is 2.14. The van der Waals surface area contributed by atoms with E-state index >= 15 is 0 Å². The molecule has 18 heavy (non-hydrogen) atoms. The molecule has 0 spiro atoms. The first-order valence-electron chi connectivity index (χ1n) is 6.83. The topological polar surface area (TPSA) is 53.6 Å². The molecule has 2 N–H and O–H groups in total. The predicted molar refractivity (Wildman–Crippen MR) is 74.8 cm³/mol. The quantitative estimate of drug-likeness (QED) is 0.566. The molecular weight excluding hydrogens is 230 g/mol. The lowest BCUT2D eigenvalue weighted by atomic mass is 10.1. The van der Waals surface area contributed by atoms with E-state index in [0.29, 0.717) is 12.6 Å². The number of nitrogens with zero attached hydrogens (tertiary/aromatic N) is 1. The van der Waals surface area contributed by atoms with E-state index in [4.69, 9.17) is 4.74 Å². The van der Waals surface area contributed by atoms with Crippen LogP contribution >= 0.6 is 0 Å². The number of nitrogens with one attached hydrogen (secondary N) is 2. The number of rotatable bonds is 11. The van der Waals surface area contributed by atoms with E-state index < -0.39 is 0 Å². The Morgan fingerprint density at radius 3 is 2.56 bits per heavy atom. The third-order valence-corrected chi connectivity index (χ3v) is 3.12. The van der Waals surface area contributed by atoms with Crippen LogP contribution in [0.2, 0.25) is 0 Å². The molecule has 1 unspecified atom stereocenters. The molecule has 0 radical (unpaired) electrons. The second-order valence-electron chi connectivity index (χ2n) is 4.37. The first-order valence-corrected chi connectivity index (χ1v) is 6.83. The number of carbonyl (C=O) groups is 1. The Morgan fingerprint density at radius 2 is 2.06 bits per heavy atom. The number of amides is 1. The van der Waals surface area contributed by atoms with Crippen LogP contribution in [0.1, 0.15) is 26.7 Å². The number of likely N-dealkylation sites (N-methyl/N-ethyl adjacent to an activating group) is 1. The van der Waals surface area contributed by atoms with Crippen molar-refractivity contribution in [1.82, 2.24) is 15.5 Å². The van der Waals surface area contributed by atoms with Crippen LogP contribution in [0.25, 0.3) is 0 Å². The minimum atomic E-state index is -0.0446. The Kier molecular flexibility index (Phi) is 11.0. The Bertz CT molecular complexity index is 212. The van der Waals surface area contributed by atoms with Crippen molar-refractivity contribution in [3.8, 4) is 0 Å². The van der Waals surface area contributed by atoms with Gasteiger partial charge < -0.3 is 15.4 Å². The number of methoxy groups -OCH3 is 1. The molecule has 0 aliphatic carbocycles. The van der Waals surface area contributed by atoms with Crippen LogP contribution in [-0.2, 0) is 9.53 Å². The summed E-state index contributed by atoms with van der Waals surface area (Å²) in [5.41, 5.74) is 0. The monoisotopic (exact) mass is 259 g/mol. The third-order valence-electron chi connectivity index (χ3n) is 3.12. The maximum absolute atomic E-state index is 11.3. The van der Waals surface area contributed by atoms with E-state index in [0.717, 1.165) is 32.5 Å². The molecule has 0 saturated carbocycles. The van der Waals surface area contributed by atoms with Gasteiger partial charge in [-0.25, -0.2) is 0 Å². The van der Waals surface area contributed by atoms with Gasteiger partial charge in [-0.2, -0.15) is 0 Å². The number of hydrogen-bond acceptors (Lipinski definition) is 4. The Hall–Kier alpha value is -0.650. The summed E-state index contributed by atoms with van der Waals surface area (Å²) in [5.74, 6) is -0.0446. The minimum Gasteiger partial charge on any atom is -0.375 e. The molecule has 1 atom stereocenters. The van der Waals surface area contributed by atoms with E-state index in [9.17, 15) is 4.79 Å². The molecule has 0 aromatic heterocycles. The van der Waals surface area contributed by atoms with Crippen molar-refractivity contribution >= 4 is 5.91 Å². The summed E-state index contributed by atoms with van der Waals surface area (Å²) in [6.07, 6.45) is 2.29. The number of ether oxygens (including phenoxy) is 1. The van der Waals surface area contributed by atoms with Crippen LogP contribution in [0.5, 0.6) is 0 Å². The largest absolute Gasteiger partial charge is 0.375 e. The second-order valence-corrected chi connectivity index (χ2v) is 4.37. The van der Waals surface area contributed by atoms with Gasteiger partial charge in [-0.1, -0.05) is 13.8 Å². The molecule has 5 heteroatoms. The highest BCUT2D eigenvalue weighted by atomic mass is 16.5. The van der Waals surface area contributed by atoms with Gasteiger partial charge in [-0.05, 0) is 33.0 Å². The van der Waals surface area contributed by atoms with Crippen LogP contribution in [-0.4, -0.2) is 63.8 Å². The summed E-state index contributed by atoms with van der Waals surface area (Å²) in [6, 6.07) is 0.585. The molecule has 0 saturated heterocycles. The molecule has 0 aliphatic heterocycles. The summed E-state index contributed by atoms with van der Waals surface area (Å²) >= 11 is 0. The molecular formula is C13H29N3O2. The smallest absolute Gasteiger partial charge is 0.246 e. The van der Waals surface area contributed by atoms with Gasteiger partial charge in [-0.3, -0.25) is 9.69 Å². The molecule has 0 rings (SSSR count). The van der Waals surface area contributed by atoms with Crippen molar-refractivity contribution in [2.45, 2.75) is 32.7 Å². The van der Waals surface area contributed by atoms with Crippen molar-refractivity contribution in [2.75, 3.05) is 46.9 Å². The average Bonchev–Trinajstić information content (AvgIpc) is 2.37. The third kappa shape index (κ3) is 7.63. The van der Waals surface area contributed by atoms with Gasteiger partial charge in [0.05, 0.1) is 0 Å². The summed E-state index contributed by atoms with van der Waals surface area (Å²) in [5, 5.41) is 6.05. The molecule has 0 aromatic carbocycles. The molecule has 108 valence electrons. The molecule has 0 bridgehead atoms. The molecule has 0 fully saturated rings. The highest BCUT2D eigenvalue weighted by molar-refractivity contribution is 5.77. The van der Waals surface area contributed by atoms with Gasteiger partial charge in [-0.15, -0.1) is 0 Å². The highest BCUT2D eigenvalue weighted by Crippen LogP contribution is 2.07. The van der Waals surface area contributed by atoms with Gasteiger partial charge >= 0.3 is 0 Å². The maximum atomic E-state index is 11.3. The summed E-state index contributed by atoms with van der Waals surface area (Å²) in [4.78, 5) is 13.7. The molecule has 0 heterocycles. The van der Waals surface area contributed by atoms with Crippen molar-refractivity contribution in [1.29, 1.82) is 0 Å². The fourth-order valence-corrected chi connectivity index (χ4v) is 2.08. The SMILES string of the molecule is CCC(CCNC)N(CC)CCNC(=O)COC. The Labute approximate surface area is 111 Å². The summed E-state index contributed by atoms with van der Waals surface area (Å²) < 4.78 is 4.78. The molecule has 1 amide bonds. The molecule has 0 aromatic rings. The van der Waals surface area contributed by atoms with E-state index in [2.05, 4.69) is 29.4 Å². The van der Waals surface area contributed by atoms with Crippen LogP contribution in [0.15, 0.2) is 0 Å². The van der Waals surface area contributed by atoms with E-state index in [1.165, 1.54) is 7.11 Å². The lowest BCUT2D eigenvalue weighted by molar-refractivity contribution is -0.124. The van der Waals surface area contributed by atoms with Crippen LogP contribution in [0, 0.1) is 0 Å². The summed E-state index contributed by atoms with van der Waals surface area (Å²) in [7, 11) is 3.51. The van der Waals surface area contributed by atoms with Crippen LogP contribution < -0.4 is 10.6 Å². The Balaban J connectivity index is 3.95. The zero-order valence-corrected chi connectivity index (χ0v) is 12.3. The number of carbonyl (C=O) groups excluding carboxylic acids is 1. The van der Waals surface area contributed by atoms with Crippen molar-refractivity contribution in [3.05, 3.63) is 0 Å². The lowest BCUT2D eigenvalue weighted by Gasteiger charge is -2.30. The van der Waals surface area contributed by atoms with E-state index in [-0.39, 0.29) is 12.5 Å². The predicted octanol–water partition coefficient (Wildman–Crippen LogP) is 0.459. The van der Waals surface area contributed by atoms with Gasteiger partial charge in [0.1, 0.15) is 6.61 Å². The second kappa shape index (κ2) is 11.4. The minimum absolute atomic E-state index is 0.0446. The first-order chi connectivity index (χ1) is 8.69. The normalized spacial score (nSPS) is 12.7. The van der Waals surface area contributed by atoms with Crippen LogP contribution in [0.3, 0.4) is 0 Å². The molecule has 5 nitrogen and oxygen atoms in total. The van der Waals surface area contributed by atoms with E-state index in [1.807, 2.05) is 7.05 Å². The van der Waals surface area contributed by atoms with Gasteiger partial charge in [0, 0.05) is 26.2 Å². The number of hydrogen-bond donors (Lipinski definition) is 2. The van der Waals surface area contributed by atoms with Crippen molar-refractivity contribution < 1.29 is 9.53 Å². The standard InChI is InChI=1S/C13H29N3O2/c1-5-12(7-8-14-3)16(6-2)10-9-15-13(17)11-18-4/h12,14H,5-11H2,1-4H3,(H,15,17). The van der Waals surface area contributed by atoms with Crippen molar-refractivity contribution in [2.24, 2.45) is 0 Å². The zero-order valence-electron chi connectivity index (χ0n) is 12.3. The zero-order chi connectivity index (χ0) is 13.8. The van der Waals surface area contributed by atoms with Gasteiger partial charge in [0.15, 0.2) is 0 Å². The van der Waals surface area contributed by atoms with E-state index in [1.54, 1.807) is 0 Å². The maximum Gasteiger partial charge on any atom is 0.246 e. The van der Waals surface area contributed by atoms with Gasteiger partial charge in [0.25, 0.3) is 0 Å². The van der Waals surface area contributed by atoms with Crippen molar-refractivity contribution in [3.63, 3.8) is 0 Å². The fraction of sp³-hybridized carbons (Fsp3) is 0.923. The average molecular weight is 259 g/mol.